The van der Waals surface area contributed by atoms with E-state index in [0.29, 0.717) is 23.6 Å². The summed E-state index contributed by atoms with van der Waals surface area (Å²) in [7, 11) is 0. The van der Waals surface area contributed by atoms with E-state index in [1.807, 2.05) is 19.1 Å². The van der Waals surface area contributed by atoms with Crippen molar-refractivity contribution < 1.29 is 9.90 Å². The predicted molar refractivity (Wildman–Crippen MR) is 80.3 cm³/mol. The van der Waals surface area contributed by atoms with Crippen LogP contribution in [0.3, 0.4) is 0 Å². The van der Waals surface area contributed by atoms with Crippen LogP contribution in [0.1, 0.15) is 21.5 Å². The van der Waals surface area contributed by atoms with Gasteiger partial charge in [-0.2, -0.15) is 0 Å². The summed E-state index contributed by atoms with van der Waals surface area (Å²) in [6.45, 7) is 2.37. The zero-order valence-electron chi connectivity index (χ0n) is 11.2. The first-order chi connectivity index (χ1) is 9.58. The minimum Gasteiger partial charge on any atom is -0.508 e. The fraction of sp³-hybridized carbons (Fsp3) is 0.188. The summed E-state index contributed by atoms with van der Waals surface area (Å²) in [6, 6.07) is 12.3. The highest BCUT2D eigenvalue weighted by Gasteiger charge is 2.10. The van der Waals surface area contributed by atoms with Crippen molar-refractivity contribution in [2.75, 3.05) is 6.54 Å². The maximum Gasteiger partial charge on any atom is 0.251 e. The number of carbonyl (C=O) groups excluding carboxylic acids is 1. The third-order valence-corrected chi connectivity index (χ3v) is 3.56. The third-order valence-electron chi connectivity index (χ3n) is 3.15. The summed E-state index contributed by atoms with van der Waals surface area (Å²) >= 11 is 6.00. The first-order valence-electron chi connectivity index (χ1n) is 6.39. The maximum atomic E-state index is 12.1. The van der Waals surface area contributed by atoms with E-state index in [4.69, 9.17) is 11.6 Å². The van der Waals surface area contributed by atoms with Gasteiger partial charge in [-0.1, -0.05) is 29.8 Å². The van der Waals surface area contributed by atoms with E-state index in [-0.39, 0.29) is 11.7 Å². The Kier molecular flexibility index (Phi) is 4.64. The standard InChI is InChI=1S/C16H16ClNO2/c1-11-14(3-2-4-15(11)17)16(20)18-10-9-12-5-7-13(19)8-6-12/h2-8,19H,9-10H2,1H3,(H,18,20). The Morgan fingerprint density at radius 3 is 2.60 bits per heavy atom. The Morgan fingerprint density at radius 2 is 1.90 bits per heavy atom. The molecule has 0 aliphatic carbocycles. The SMILES string of the molecule is Cc1c(Cl)cccc1C(=O)NCCc1ccc(O)cc1. The van der Waals surface area contributed by atoms with Crippen LogP contribution in [0.4, 0.5) is 0 Å². The van der Waals surface area contributed by atoms with E-state index in [1.54, 1.807) is 30.3 Å². The first kappa shape index (κ1) is 14.4. The Balaban J connectivity index is 1.92. The fourth-order valence-corrected chi connectivity index (χ4v) is 2.11. The topological polar surface area (TPSA) is 49.3 Å². The van der Waals surface area contributed by atoms with Crippen LogP contribution in [0.2, 0.25) is 5.02 Å². The number of halogens is 1. The second kappa shape index (κ2) is 6.44. The van der Waals surface area contributed by atoms with Crippen LogP contribution < -0.4 is 5.32 Å². The second-order valence-electron chi connectivity index (χ2n) is 4.58. The van der Waals surface area contributed by atoms with Gasteiger partial charge in [0.25, 0.3) is 5.91 Å². The molecule has 0 aliphatic heterocycles. The van der Waals surface area contributed by atoms with Gasteiger partial charge in [0.05, 0.1) is 0 Å². The first-order valence-corrected chi connectivity index (χ1v) is 6.77. The van der Waals surface area contributed by atoms with Gasteiger partial charge in [-0.15, -0.1) is 0 Å². The molecule has 104 valence electrons. The smallest absolute Gasteiger partial charge is 0.251 e. The number of aromatic hydroxyl groups is 1. The van der Waals surface area contributed by atoms with Crippen LogP contribution in [-0.2, 0) is 6.42 Å². The average Bonchev–Trinajstić information content (AvgIpc) is 2.44. The minimum absolute atomic E-state index is 0.122. The van der Waals surface area contributed by atoms with Crippen molar-refractivity contribution in [3.63, 3.8) is 0 Å². The van der Waals surface area contributed by atoms with Crippen LogP contribution >= 0.6 is 11.6 Å². The van der Waals surface area contributed by atoms with Crippen molar-refractivity contribution in [1.82, 2.24) is 5.32 Å². The highest BCUT2D eigenvalue weighted by molar-refractivity contribution is 6.31. The normalized spacial score (nSPS) is 10.3. The fourth-order valence-electron chi connectivity index (χ4n) is 1.93. The van der Waals surface area contributed by atoms with E-state index in [1.165, 1.54) is 0 Å². The van der Waals surface area contributed by atoms with E-state index in [2.05, 4.69) is 5.32 Å². The summed E-state index contributed by atoms with van der Waals surface area (Å²) in [5.74, 6) is 0.121. The van der Waals surface area contributed by atoms with E-state index in [9.17, 15) is 9.90 Å². The molecule has 0 heterocycles. The maximum absolute atomic E-state index is 12.1. The van der Waals surface area contributed by atoms with E-state index < -0.39 is 0 Å². The minimum atomic E-state index is -0.122. The number of rotatable bonds is 4. The number of carbonyl (C=O) groups is 1. The largest absolute Gasteiger partial charge is 0.508 e. The van der Waals surface area contributed by atoms with Gasteiger partial charge in [0, 0.05) is 17.1 Å². The van der Waals surface area contributed by atoms with Gasteiger partial charge >= 0.3 is 0 Å². The van der Waals surface area contributed by atoms with Gasteiger partial charge in [0.1, 0.15) is 5.75 Å². The lowest BCUT2D eigenvalue weighted by Crippen LogP contribution is -2.26. The molecule has 1 amide bonds. The van der Waals surface area contributed by atoms with Gasteiger partial charge in [-0.05, 0) is 48.7 Å². The zero-order chi connectivity index (χ0) is 14.5. The van der Waals surface area contributed by atoms with E-state index in [0.717, 1.165) is 11.1 Å². The Bertz CT molecular complexity index is 608. The molecule has 0 saturated carbocycles. The van der Waals surface area contributed by atoms with Crippen LogP contribution in [0, 0.1) is 6.92 Å². The predicted octanol–water partition coefficient (Wildman–Crippen LogP) is 3.33. The molecule has 4 heteroatoms. The van der Waals surface area contributed by atoms with Gasteiger partial charge in [0.15, 0.2) is 0 Å². The van der Waals surface area contributed by atoms with Crippen molar-refractivity contribution in [2.45, 2.75) is 13.3 Å². The molecule has 0 radical (unpaired) electrons. The van der Waals surface area contributed by atoms with Crippen molar-refractivity contribution >= 4 is 17.5 Å². The molecule has 0 unspecified atom stereocenters. The molecule has 2 aromatic carbocycles. The molecule has 20 heavy (non-hydrogen) atoms. The lowest BCUT2D eigenvalue weighted by atomic mass is 10.1. The number of hydrogen-bond acceptors (Lipinski definition) is 2. The lowest BCUT2D eigenvalue weighted by Gasteiger charge is -2.08. The molecule has 0 saturated heterocycles. The summed E-state index contributed by atoms with van der Waals surface area (Å²) in [6.07, 6.45) is 0.714. The Labute approximate surface area is 123 Å². The number of phenolic OH excluding ortho intramolecular Hbond substituents is 1. The number of hydrogen-bond donors (Lipinski definition) is 2. The number of phenols is 1. The average molecular weight is 290 g/mol. The van der Waals surface area contributed by atoms with Gasteiger partial charge in [0.2, 0.25) is 0 Å². The molecular weight excluding hydrogens is 274 g/mol. The molecule has 0 bridgehead atoms. The van der Waals surface area contributed by atoms with Gasteiger partial charge in [-0.25, -0.2) is 0 Å². The summed E-state index contributed by atoms with van der Waals surface area (Å²) in [5, 5.41) is 12.7. The van der Waals surface area contributed by atoms with Crippen LogP contribution in [0.25, 0.3) is 0 Å². The quantitative estimate of drug-likeness (QED) is 0.907. The molecule has 0 atom stereocenters. The van der Waals surface area contributed by atoms with Gasteiger partial charge < -0.3 is 10.4 Å². The van der Waals surface area contributed by atoms with Gasteiger partial charge in [-0.3, -0.25) is 4.79 Å². The second-order valence-corrected chi connectivity index (χ2v) is 4.99. The summed E-state index contributed by atoms with van der Waals surface area (Å²) in [5.41, 5.74) is 2.45. The Morgan fingerprint density at radius 1 is 1.20 bits per heavy atom. The van der Waals surface area contributed by atoms with Crippen LogP contribution in [-0.4, -0.2) is 17.6 Å². The zero-order valence-corrected chi connectivity index (χ0v) is 11.9. The number of amides is 1. The molecule has 0 spiro atoms. The third kappa shape index (κ3) is 3.52. The molecule has 0 fully saturated rings. The molecule has 2 aromatic rings. The highest BCUT2D eigenvalue weighted by Crippen LogP contribution is 2.18. The highest BCUT2D eigenvalue weighted by atomic mass is 35.5. The molecule has 3 nitrogen and oxygen atoms in total. The van der Waals surface area contributed by atoms with E-state index >= 15 is 0 Å². The lowest BCUT2D eigenvalue weighted by molar-refractivity contribution is 0.0953. The van der Waals surface area contributed by atoms with Crippen molar-refractivity contribution in [1.29, 1.82) is 0 Å². The number of nitrogens with one attached hydrogen (secondary N) is 1. The molecule has 2 rings (SSSR count). The van der Waals surface area contributed by atoms with Crippen molar-refractivity contribution in [3.05, 3.63) is 64.2 Å². The summed E-state index contributed by atoms with van der Waals surface area (Å²) in [4.78, 5) is 12.1. The monoisotopic (exact) mass is 289 g/mol. The van der Waals surface area contributed by atoms with Crippen LogP contribution in [0.15, 0.2) is 42.5 Å². The van der Waals surface area contributed by atoms with Crippen molar-refractivity contribution in [2.24, 2.45) is 0 Å². The van der Waals surface area contributed by atoms with Crippen LogP contribution in [0.5, 0.6) is 5.75 Å². The van der Waals surface area contributed by atoms with Crippen molar-refractivity contribution in [3.8, 4) is 5.75 Å². The number of benzene rings is 2. The molecular formula is C16H16ClNO2. The molecule has 2 N–H and O–H groups in total. The summed E-state index contributed by atoms with van der Waals surface area (Å²) < 4.78 is 0. The Hall–Kier alpha value is -2.00. The molecule has 0 aromatic heterocycles. The molecule has 0 aliphatic rings.